The molecule has 3 heteroatoms. The van der Waals surface area contributed by atoms with Crippen molar-refractivity contribution in [3.8, 4) is 0 Å². The summed E-state index contributed by atoms with van der Waals surface area (Å²) in [6.45, 7) is 18.2. The van der Waals surface area contributed by atoms with Crippen LogP contribution in [0, 0.1) is 11.8 Å². The van der Waals surface area contributed by atoms with Crippen LogP contribution in [0.4, 0.5) is 0 Å². The molecule has 0 aromatic heterocycles. The van der Waals surface area contributed by atoms with E-state index in [0.29, 0.717) is 0 Å². The second-order valence-electron chi connectivity index (χ2n) is 3.78. The number of halogens is 1. The van der Waals surface area contributed by atoms with Gasteiger partial charge in [-0.05, 0) is 13.8 Å². The largest absolute Gasteiger partial charge is 2.00 e. The summed E-state index contributed by atoms with van der Waals surface area (Å²) in [7, 11) is 0. The van der Waals surface area contributed by atoms with Crippen molar-refractivity contribution in [3.63, 3.8) is 0 Å². The van der Waals surface area contributed by atoms with Gasteiger partial charge in [-0.15, -0.1) is 12.4 Å². The van der Waals surface area contributed by atoms with E-state index in [1.165, 1.54) is 11.8 Å². The third-order valence-corrected chi connectivity index (χ3v) is 0.408. The fourth-order valence-corrected chi connectivity index (χ4v) is 0.204. The topological polar surface area (TPSA) is 9.23 Å². The van der Waals surface area contributed by atoms with Crippen molar-refractivity contribution in [2.24, 2.45) is 0 Å². The standard InChI is InChI=1S/C4H10O.2C4H9.ClH.Mg/c1-3-5-4-2;2*1-4(2)3;;/h3-4H2,1-2H3;2*1-3H3;1H;/q;2*-1;;+2. The molecule has 0 saturated carbocycles. The normalized spacial score (nSPS) is 7.60. The minimum atomic E-state index is 0. The molecular weight excluding hydrogens is 220 g/mol. The van der Waals surface area contributed by atoms with Gasteiger partial charge in [0.05, 0.1) is 0 Å². The van der Waals surface area contributed by atoms with E-state index >= 15 is 0 Å². The molecule has 0 unspecified atom stereocenters. The average Bonchev–Trinajstić information content (AvgIpc) is 1.86. The van der Waals surface area contributed by atoms with Gasteiger partial charge in [0, 0.05) is 13.2 Å². The molecule has 0 fully saturated rings. The molecule has 0 spiro atoms. The van der Waals surface area contributed by atoms with Crippen LogP contribution in [-0.4, -0.2) is 36.3 Å². The maximum absolute atomic E-state index is 4.83. The zero-order valence-electron chi connectivity index (χ0n) is 11.9. The van der Waals surface area contributed by atoms with Gasteiger partial charge in [-0.2, -0.15) is 41.5 Å². The Kier molecular flexibility index (Phi) is 58.3. The maximum atomic E-state index is 4.83. The predicted octanol–water partition coefficient (Wildman–Crippen LogP) is 4.32. The summed E-state index contributed by atoms with van der Waals surface area (Å²) in [4.78, 5) is 0. The molecule has 0 aliphatic heterocycles. The van der Waals surface area contributed by atoms with Crippen molar-refractivity contribution in [3.05, 3.63) is 11.8 Å². The Balaban J connectivity index is -0.0000000315. The summed E-state index contributed by atoms with van der Waals surface area (Å²) < 4.78 is 4.83. The van der Waals surface area contributed by atoms with Crippen molar-refractivity contribution in [2.75, 3.05) is 13.2 Å². The van der Waals surface area contributed by atoms with Crippen molar-refractivity contribution in [1.29, 1.82) is 0 Å². The summed E-state index contributed by atoms with van der Waals surface area (Å²) in [5, 5.41) is 0. The van der Waals surface area contributed by atoms with Gasteiger partial charge in [0.15, 0.2) is 0 Å². The van der Waals surface area contributed by atoms with Crippen molar-refractivity contribution in [1.82, 2.24) is 0 Å². The molecule has 0 bridgehead atoms. The Labute approximate surface area is 120 Å². The molecule has 0 radical (unpaired) electrons. The van der Waals surface area contributed by atoms with Gasteiger partial charge in [0.1, 0.15) is 0 Å². The number of hydrogen-bond donors (Lipinski definition) is 0. The van der Waals surface area contributed by atoms with E-state index in [2.05, 4.69) is 41.5 Å². The van der Waals surface area contributed by atoms with Crippen LogP contribution in [0.1, 0.15) is 55.4 Å². The summed E-state index contributed by atoms with van der Waals surface area (Å²) in [6.07, 6.45) is 0. The predicted molar refractivity (Wildman–Crippen MR) is 75.7 cm³/mol. The fraction of sp³-hybridized carbons (Fsp3) is 0.833. The zero-order chi connectivity index (χ0) is 11.3. The SMILES string of the molecule is CCOCC.C[C-](C)C.C[C-](C)C.Cl.[Mg+2]. The van der Waals surface area contributed by atoms with E-state index < -0.39 is 0 Å². The zero-order valence-corrected chi connectivity index (χ0v) is 14.2. The molecule has 0 rings (SSSR count). The summed E-state index contributed by atoms with van der Waals surface area (Å²) >= 11 is 0. The molecule has 0 heterocycles. The van der Waals surface area contributed by atoms with E-state index in [9.17, 15) is 0 Å². The summed E-state index contributed by atoms with van der Waals surface area (Å²) in [6, 6.07) is 0. The van der Waals surface area contributed by atoms with Gasteiger partial charge in [0.25, 0.3) is 0 Å². The Hall–Kier alpha value is 1.02. The fourth-order valence-electron chi connectivity index (χ4n) is 0.204. The first kappa shape index (κ1) is 29.8. The Bertz CT molecular complexity index is 55.1. The molecule has 0 amide bonds. The van der Waals surface area contributed by atoms with E-state index in [4.69, 9.17) is 4.74 Å². The van der Waals surface area contributed by atoms with Crippen LogP contribution in [0.3, 0.4) is 0 Å². The van der Waals surface area contributed by atoms with Crippen molar-refractivity contribution < 1.29 is 4.74 Å². The molecular formula is C12H29ClMgO. The van der Waals surface area contributed by atoms with Crippen molar-refractivity contribution in [2.45, 2.75) is 55.4 Å². The molecule has 0 atom stereocenters. The molecule has 0 aliphatic rings. The quantitative estimate of drug-likeness (QED) is 0.523. The van der Waals surface area contributed by atoms with E-state index in [0.717, 1.165) is 13.2 Å². The maximum Gasteiger partial charge on any atom is 2.00 e. The minimum Gasteiger partial charge on any atom is -0.382 e. The number of ether oxygens (including phenoxy) is 1. The van der Waals surface area contributed by atoms with E-state index in [1.54, 1.807) is 0 Å². The van der Waals surface area contributed by atoms with E-state index in [1.807, 2.05) is 13.8 Å². The molecule has 92 valence electrons. The molecule has 0 saturated heterocycles. The van der Waals surface area contributed by atoms with Crippen LogP contribution in [0.2, 0.25) is 0 Å². The van der Waals surface area contributed by atoms with E-state index in [-0.39, 0.29) is 35.5 Å². The molecule has 1 nitrogen and oxygen atoms in total. The monoisotopic (exact) mass is 248 g/mol. The number of hydrogen-bond acceptors (Lipinski definition) is 1. The summed E-state index contributed by atoms with van der Waals surface area (Å²) in [5.74, 6) is 2.83. The van der Waals surface area contributed by atoms with Crippen LogP contribution in [0.5, 0.6) is 0 Å². The third-order valence-electron chi connectivity index (χ3n) is 0.408. The van der Waals surface area contributed by atoms with Crippen LogP contribution in [-0.2, 0) is 4.74 Å². The van der Waals surface area contributed by atoms with Gasteiger partial charge in [-0.3, -0.25) is 0 Å². The second-order valence-corrected chi connectivity index (χ2v) is 3.78. The van der Waals surface area contributed by atoms with Crippen molar-refractivity contribution >= 4 is 35.5 Å². The molecule has 0 aromatic rings. The van der Waals surface area contributed by atoms with Gasteiger partial charge in [-0.1, -0.05) is 0 Å². The Morgan fingerprint density at radius 3 is 0.867 bits per heavy atom. The summed E-state index contributed by atoms with van der Waals surface area (Å²) in [5.41, 5.74) is 0. The third kappa shape index (κ3) is 280. The first-order valence-corrected chi connectivity index (χ1v) is 4.99. The second kappa shape index (κ2) is 29.4. The van der Waals surface area contributed by atoms with Crippen LogP contribution < -0.4 is 0 Å². The van der Waals surface area contributed by atoms with Gasteiger partial charge >= 0.3 is 23.1 Å². The molecule has 15 heavy (non-hydrogen) atoms. The van der Waals surface area contributed by atoms with Crippen LogP contribution >= 0.6 is 12.4 Å². The van der Waals surface area contributed by atoms with Crippen LogP contribution in [0.25, 0.3) is 0 Å². The molecule has 0 aromatic carbocycles. The first-order chi connectivity index (χ1) is 5.88. The van der Waals surface area contributed by atoms with Gasteiger partial charge in [0.2, 0.25) is 0 Å². The molecule has 0 N–H and O–H groups in total. The smallest absolute Gasteiger partial charge is 0.382 e. The van der Waals surface area contributed by atoms with Crippen LogP contribution in [0.15, 0.2) is 0 Å². The Morgan fingerprint density at radius 1 is 0.733 bits per heavy atom. The number of rotatable bonds is 2. The van der Waals surface area contributed by atoms with Gasteiger partial charge in [-0.25, -0.2) is 0 Å². The first-order valence-electron chi connectivity index (χ1n) is 4.99. The Morgan fingerprint density at radius 2 is 0.867 bits per heavy atom. The minimum absolute atomic E-state index is 0. The average molecular weight is 249 g/mol. The van der Waals surface area contributed by atoms with Gasteiger partial charge < -0.3 is 16.6 Å². The molecule has 0 aliphatic carbocycles.